The first kappa shape index (κ1) is 22.2. The number of nitrogen functional groups attached to an aromatic ring is 1. The zero-order valence-corrected chi connectivity index (χ0v) is 19.2. The fourth-order valence-corrected chi connectivity index (χ4v) is 5.19. The average Bonchev–Trinajstić information content (AvgIpc) is 3.06. The van der Waals surface area contributed by atoms with Gasteiger partial charge in [-0.1, -0.05) is 18.3 Å². The fourth-order valence-electron chi connectivity index (χ4n) is 3.74. The summed E-state index contributed by atoms with van der Waals surface area (Å²) in [7, 11) is -3.74. The van der Waals surface area contributed by atoms with Crippen molar-refractivity contribution < 1.29 is 22.3 Å². The Labute approximate surface area is 189 Å². The van der Waals surface area contributed by atoms with Crippen LogP contribution in [0.3, 0.4) is 0 Å². The number of carbonyl (C=O) groups excluding carboxylic acids is 1. The van der Waals surface area contributed by atoms with Crippen molar-refractivity contribution in [1.29, 1.82) is 0 Å². The summed E-state index contributed by atoms with van der Waals surface area (Å²) in [6, 6.07) is 8.25. The molecule has 0 saturated carbocycles. The van der Waals surface area contributed by atoms with Gasteiger partial charge in [-0.3, -0.25) is 4.79 Å². The number of anilines is 1. The molecule has 0 fully saturated rings. The number of nitrogens with zero attached hydrogens (tertiary/aromatic N) is 2. The van der Waals surface area contributed by atoms with E-state index in [2.05, 4.69) is 4.98 Å². The van der Waals surface area contributed by atoms with Crippen molar-refractivity contribution in [2.75, 3.05) is 25.1 Å². The number of fused-ring (bicyclic) bond motifs is 1. The summed E-state index contributed by atoms with van der Waals surface area (Å²) < 4.78 is 44.5. The Morgan fingerprint density at radius 3 is 2.75 bits per heavy atom. The van der Waals surface area contributed by atoms with Crippen molar-refractivity contribution in [3.05, 3.63) is 59.0 Å². The van der Waals surface area contributed by atoms with Crippen LogP contribution in [0, 0.1) is 5.82 Å². The molecule has 2 aromatic carbocycles. The smallest absolute Gasteiger partial charge is 0.254 e. The maximum absolute atomic E-state index is 14.9. The number of aromatic nitrogens is 1. The molecule has 10 heteroatoms. The van der Waals surface area contributed by atoms with Gasteiger partial charge in [-0.2, -0.15) is 0 Å². The van der Waals surface area contributed by atoms with E-state index in [0.29, 0.717) is 17.4 Å². The van der Waals surface area contributed by atoms with Crippen LogP contribution in [-0.2, 0) is 22.8 Å². The van der Waals surface area contributed by atoms with Crippen LogP contribution in [0.25, 0.3) is 10.4 Å². The van der Waals surface area contributed by atoms with E-state index >= 15 is 0 Å². The zero-order chi connectivity index (χ0) is 23.0. The van der Waals surface area contributed by atoms with E-state index in [9.17, 15) is 17.6 Å². The molecule has 2 N–H and O–H groups in total. The second-order valence-electron chi connectivity index (χ2n) is 7.49. The summed E-state index contributed by atoms with van der Waals surface area (Å²) in [4.78, 5) is 19.5. The first-order chi connectivity index (χ1) is 15.2. The van der Waals surface area contributed by atoms with E-state index in [4.69, 9.17) is 10.5 Å². The average molecular weight is 476 g/mol. The number of rotatable bonds is 4. The summed E-state index contributed by atoms with van der Waals surface area (Å²) in [6.45, 7) is 2.57. The van der Waals surface area contributed by atoms with Gasteiger partial charge in [-0.15, -0.1) is 0 Å². The Bertz CT molecular complexity index is 1300. The third-order valence-electron chi connectivity index (χ3n) is 5.33. The van der Waals surface area contributed by atoms with E-state index < -0.39 is 20.5 Å². The molecular formula is C22H22FN3O4S2. The van der Waals surface area contributed by atoms with Crippen LogP contribution in [0.15, 0.2) is 41.4 Å². The molecule has 0 radical (unpaired) electrons. The Balaban J connectivity index is 1.68. The number of hydrogen-bond donors (Lipinski definition) is 1. The lowest BCUT2D eigenvalue weighted by molar-refractivity contribution is 0.0731. The van der Waals surface area contributed by atoms with Crippen LogP contribution >= 0.6 is 11.3 Å². The van der Waals surface area contributed by atoms with Gasteiger partial charge in [0, 0.05) is 35.7 Å². The van der Waals surface area contributed by atoms with Gasteiger partial charge >= 0.3 is 0 Å². The van der Waals surface area contributed by atoms with Crippen LogP contribution in [0.5, 0.6) is 5.75 Å². The number of sulfone groups is 1. The topological polar surface area (TPSA) is 103 Å². The largest absolute Gasteiger partial charge is 0.491 e. The normalized spacial score (nSPS) is 13.9. The molecule has 0 aliphatic carbocycles. The minimum atomic E-state index is -3.74. The third kappa shape index (κ3) is 4.20. The van der Waals surface area contributed by atoms with Crippen molar-refractivity contribution >= 4 is 32.2 Å². The highest BCUT2D eigenvalue weighted by Crippen LogP contribution is 2.33. The van der Waals surface area contributed by atoms with Crippen LogP contribution in [0.1, 0.15) is 28.4 Å². The van der Waals surface area contributed by atoms with Gasteiger partial charge < -0.3 is 15.4 Å². The molecule has 2 heterocycles. The first-order valence-electron chi connectivity index (χ1n) is 9.97. The molecule has 0 bridgehead atoms. The molecule has 7 nitrogen and oxygen atoms in total. The molecule has 1 amide bonds. The minimum Gasteiger partial charge on any atom is -0.491 e. The van der Waals surface area contributed by atoms with E-state index in [-0.39, 0.29) is 36.6 Å². The van der Waals surface area contributed by atoms with Crippen molar-refractivity contribution in [2.24, 2.45) is 0 Å². The van der Waals surface area contributed by atoms with Crippen LogP contribution in [0.4, 0.5) is 9.52 Å². The van der Waals surface area contributed by atoms with Gasteiger partial charge in [-0.25, -0.2) is 17.8 Å². The highest BCUT2D eigenvalue weighted by molar-refractivity contribution is 7.90. The van der Waals surface area contributed by atoms with E-state index in [1.54, 1.807) is 18.0 Å². The molecule has 0 spiro atoms. The molecule has 168 valence electrons. The Hall–Kier alpha value is -2.98. The lowest BCUT2D eigenvalue weighted by Gasteiger charge is -2.22. The molecule has 1 aliphatic heterocycles. The zero-order valence-electron chi connectivity index (χ0n) is 17.6. The van der Waals surface area contributed by atoms with Gasteiger partial charge in [0.1, 0.15) is 23.1 Å². The summed E-state index contributed by atoms with van der Waals surface area (Å²) in [5.74, 6) is -0.557. The predicted molar refractivity (Wildman–Crippen MR) is 121 cm³/mol. The Morgan fingerprint density at radius 2 is 2.09 bits per heavy atom. The molecule has 4 rings (SSSR count). The Morgan fingerprint density at radius 1 is 1.31 bits per heavy atom. The van der Waals surface area contributed by atoms with E-state index in [1.807, 2.05) is 18.2 Å². The van der Waals surface area contributed by atoms with Gasteiger partial charge in [0.15, 0.2) is 15.0 Å². The second kappa shape index (κ2) is 8.51. The number of halogens is 1. The summed E-state index contributed by atoms with van der Waals surface area (Å²) in [5, 5.41) is 0.467. The standard InChI is InChI=1S/C22H22FN3O4S2/c1-3-15-16(5-7-19(20(15)23)32(2,28)29)21(27)26-8-9-30-17-6-4-13(10-14(17)12-26)18-11-25-22(24)31-18/h4-7,10-11H,3,8-9,12H2,1-2H3,(H2,24,25). The predicted octanol–water partition coefficient (Wildman–Crippen LogP) is 3.53. The first-order valence-corrected chi connectivity index (χ1v) is 12.7. The van der Waals surface area contributed by atoms with Gasteiger partial charge in [-0.05, 0) is 42.3 Å². The van der Waals surface area contributed by atoms with Crippen molar-refractivity contribution in [1.82, 2.24) is 9.88 Å². The number of carbonyl (C=O) groups is 1. The highest BCUT2D eigenvalue weighted by atomic mass is 32.2. The third-order valence-corrected chi connectivity index (χ3v) is 7.32. The number of benzene rings is 2. The van der Waals surface area contributed by atoms with Gasteiger partial charge in [0.2, 0.25) is 0 Å². The Kier molecular flexibility index (Phi) is 5.91. The number of amides is 1. The summed E-state index contributed by atoms with van der Waals surface area (Å²) >= 11 is 1.37. The molecule has 3 aromatic rings. The second-order valence-corrected chi connectivity index (χ2v) is 10.5. The molecule has 1 aromatic heterocycles. The van der Waals surface area contributed by atoms with Crippen molar-refractivity contribution in [2.45, 2.75) is 24.8 Å². The van der Waals surface area contributed by atoms with Crippen LogP contribution in [-0.4, -0.2) is 43.6 Å². The highest BCUT2D eigenvalue weighted by Gasteiger charge is 2.27. The lowest BCUT2D eigenvalue weighted by atomic mass is 10.0. The minimum absolute atomic E-state index is 0.0946. The maximum Gasteiger partial charge on any atom is 0.254 e. The number of nitrogens with two attached hydrogens (primary N) is 1. The van der Waals surface area contributed by atoms with Gasteiger partial charge in [0.05, 0.1) is 11.4 Å². The van der Waals surface area contributed by atoms with E-state index in [0.717, 1.165) is 28.3 Å². The summed E-state index contributed by atoms with van der Waals surface area (Å²) in [5.41, 5.74) is 7.72. The lowest BCUT2D eigenvalue weighted by Crippen LogP contribution is -2.33. The van der Waals surface area contributed by atoms with Crippen molar-refractivity contribution in [3.63, 3.8) is 0 Å². The number of hydrogen-bond acceptors (Lipinski definition) is 7. The van der Waals surface area contributed by atoms with Crippen LogP contribution < -0.4 is 10.5 Å². The van der Waals surface area contributed by atoms with Gasteiger partial charge in [0.25, 0.3) is 5.91 Å². The molecule has 0 atom stereocenters. The van der Waals surface area contributed by atoms with Crippen molar-refractivity contribution in [3.8, 4) is 16.2 Å². The number of thiazole rings is 1. The maximum atomic E-state index is 14.9. The number of ether oxygens (including phenoxy) is 1. The fraction of sp³-hybridized carbons (Fsp3) is 0.273. The molecule has 0 saturated heterocycles. The summed E-state index contributed by atoms with van der Waals surface area (Å²) in [6.07, 6.45) is 2.83. The van der Waals surface area contributed by atoms with E-state index in [1.165, 1.54) is 17.4 Å². The molecular weight excluding hydrogens is 453 g/mol. The monoisotopic (exact) mass is 475 g/mol. The molecule has 0 unspecified atom stereocenters. The molecule has 1 aliphatic rings. The SMILES string of the molecule is CCc1c(C(=O)N2CCOc3ccc(-c4cnc(N)s4)cc3C2)ccc(S(C)(=O)=O)c1F. The van der Waals surface area contributed by atoms with Crippen LogP contribution in [0.2, 0.25) is 0 Å². The quantitative estimate of drug-likeness (QED) is 0.619. The molecule has 32 heavy (non-hydrogen) atoms.